The van der Waals surface area contributed by atoms with Crippen molar-refractivity contribution in [2.24, 2.45) is 4.99 Å². The van der Waals surface area contributed by atoms with E-state index in [0.29, 0.717) is 6.04 Å². The van der Waals surface area contributed by atoms with Gasteiger partial charge in [0.25, 0.3) is 0 Å². The monoisotopic (exact) mass is 142 g/mol. The summed E-state index contributed by atoms with van der Waals surface area (Å²) in [6, 6.07) is 0.564. The molecule has 0 aliphatic carbocycles. The van der Waals surface area contributed by atoms with Crippen LogP contribution < -0.4 is 0 Å². The summed E-state index contributed by atoms with van der Waals surface area (Å²) in [4.78, 5) is 6.39. The molecule has 0 unspecified atom stereocenters. The van der Waals surface area contributed by atoms with E-state index in [1.807, 2.05) is 14.0 Å². The SMILES string of the molecule is CCN(/C(C)=N\C)C(C)C. The average molecular weight is 142 g/mol. The summed E-state index contributed by atoms with van der Waals surface area (Å²) in [7, 11) is 1.83. The molecule has 0 radical (unpaired) electrons. The Morgan fingerprint density at radius 3 is 2.10 bits per heavy atom. The largest absolute Gasteiger partial charge is 0.358 e. The molecule has 0 spiro atoms. The Morgan fingerprint density at radius 1 is 1.50 bits per heavy atom. The fraction of sp³-hybridized carbons (Fsp3) is 0.875. The van der Waals surface area contributed by atoms with Crippen LogP contribution in [0.2, 0.25) is 0 Å². The van der Waals surface area contributed by atoms with Crippen molar-refractivity contribution in [3.63, 3.8) is 0 Å². The molecule has 0 aromatic rings. The van der Waals surface area contributed by atoms with E-state index in [0.717, 1.165) is 12.4 Å². The molecule has 0 amide bonds. The zero-order valence-corrected chi connectivity index (χ0v) is 7.68. The molecule has 60 valence electrons. The standard InChI is InChI=1S/C8H18N2/c1-6-10(7(2)3)8(4)9-5/h7H,6H2,1-5H3/b9-8-. The second-order valence-electron chi connectivity index (χ2n) is 2.65. The predicted molar refractivity (Wildman–Crippen MR) is 46.5 cm³/mol. The minimum absolute atomic E-state index is 0.564. The molecular weight excluding hydrogens is 124 g/mol. The Bertz CT molecular complexity index is 116. The van der Waals surface area contributed by atoms with Crippen LogP contribution in [0.5, 0.6) is 0 Å². The van der Waals surface area contributed by atoms with Gasteiger partial charge in [-0.05, 0) is 27.7 Å². The first kappa shape index (κ1) is 9.47. The van der Waals surface area contributed by atoms with Gasteiger partial charge in [-0.15, -0.1) is 0 Å². The lowest BCUT2D eigenvalue weighted by Crippen LogP contribution is -2.34. The molecular formula is C8H18N2. The second-order valence-corrected chi connectivity index (χ2v) is 2.65. The summed E-state index contributed by atoms with van der Waals surface area (Å²) >= 11 is 0. The third-order valence-corrected chi connectivity index (χ3v) is 1.70. The number of nitrogens with zero attached hydrogens (tertiary/aromatic N) is 2. The molecule has 10 heavy (non-hydrogen) atoms. The number of hydrogen-bond acceptors (Lipinski definition) is 1. The van der Waals surface area contributed by atoms with Crippen molar-refractivity contribution >= 4 is 5.84 Å². The van der Waals surface area contributed by atoms with Crippen LogP contribution in [0.1, 0.15) is 27.7 Å². The van der Waals surface area contributed by atoms with Gasteiger partial charge in [0.2, 0.25) is 0 Å². The van der Waals surface area contributed by atoms with Crippen LogP contribution in [0.3, 0.4) is 0 Å². The average Bonchev–Trinajstić information content (AvgIpc) is 1.88. The number of hydrogen-bond donors (Lipinski definition) is 0. The van der Waals surface area contributed by atoms with Crippen LogP contribution in [0.15, 0.2) is 4.99 Å². The first-order valence-corrected chi connectivity index (χ1v) is 3.83. The highest BCUT2D eigenvalue weighted by Gasteiger charge is 2.06. The molecule has 0 saturated heterocycles. The van der Waals surface area contributed by atoms with Crippen molar-refractivity contribution in [2.75, 3.05) is 13.6 Å². The van der Waals surface area contributed by atoms with Crippen LogP contribution in [0.25, 0.3) is 0 Å². The molecule has 0 atom stereocenters. The molecule has 0 aliphatic rings. The third-order valence-electron chi connectivity index (χ3n) is 1.70. The predicted octanol–water partition coefficient (Wildman–Crippen LogP) is 1.76. The zero-order valence-electron chi connectivity index (χ0n) is 7.68. The van der Waals surface area contributed by atoms with E-state index in [-0.39, 0.29) is 0 Å². The first-order chi connectivity index (χ1) is 4.63. The smallest absolute Gasteiger partial charge is 0.0956 e. The van der Waals surface area contributed by atoms with Gasteiger partial charge in [0.1, 0.15) is 0 Å². The molecule has 0 saturated carbocycles. The summed E-state index contributed by atoms with van der Waals surface area (Å²) < 4.78 is 0. The summed E-state index contributed by atoms with van der Waals surface area (Å²) in [5, 5.41) is 0. The quantitative estimate of drug-likeness (QED) is 0.424. The minimum Gasteiger partial charge on any atom is -0.358 e. The van der Waals surface area contributed by atoms with Gasteiger partial charge in [0.05, 0.1) is 5.84 Å². The van der Waals surface area contributed by atoms with Crippen LogP contribution in [0.4, 0.5) is 0 Å². The van der Waals surface area contributed by atoms with Crippen molar-refractivity contribution < 1.29 is 0 Å². The Balaban J connectivity index is 4.07. The van der Waals surface area contributed by atoms with E-state index in [4.69, 9.17) is 0 Å². The molecule has 0 aromatic carbocycles. The van der Waals surface area contributed by atoms with Gasteiger partial charge in [-0.1, -0.05) is 0 Å². The number of amidine groups is 1. The highest BCUT2D eigenvalue weighted by Crippen LogP contribution is 1.98. The molecule has 0 N–H and O–H groups in total. The normalized spacial score (nSPS) is 12.4. The maximum absolute atomic E-state index is 4.12. The zero-order chi connectivity index (χ0) is 8.15. The third kappa shape index (κ3) is 2.38. The minimum atomic E-state index is 0.564. The fourth-order valence-corrected chi connectivity index (χ4v) is 1.10. The summed E-state index contributed by atoms with van der Waals surface area (Å²) in [6.45, 7) is 9.59. The summed E-state index contributed by atoms with van der Waals surface area (Å²) in [5.74, 6) is 1.12. The van der Waals surface area contributed by atoms with Crippen molar-refractivity contribution in [2.45, 2.75) is 33.7 Å². The van der Waals surface area contributed by atoms with Crippen LogP contribution >= 0.6 is 0 Å². The van der Waals surface area contributed by atoms with Crippen molar-refractivity contribution in [3.8, 4) is 0 Å². The highest BCUT2D eigenvalue weighted by atomic mass is 15.2. The van der Waals surface area contributed by atoms with Gasteiger partial charge in [-0.2, -0.15) is 0 Å². The van der Waals surface area contributed by atoms with Gasteiger partial charge in [0, 0.05) is 19.6 Å². The molecule has 0 aliphatic heterocycles. The van der Waals surface area contributed by atoms with E-state index in [1.165, 1.54) is 0 Å². The number of aliphatic imine (C=N–C) groups is 1. The van der Waals surface area contributed by atoms with E-state index >= 15 is 0 Å². The Morgan fingerprint density at radius 2 is 2.00 bits per heavy atom. The molecule has 0 fully saturated rings. The molecule has 2 nitrogen and oxygen atoms in total. The van der Waals surface area contributed by atoms with Crippen LogP contribution in [-0.2, 0) is 0 Å². The first-order valence-electron chi connectivity index (χ1n) is 3.83. The van der Waals surface area contributed by atoms with Gasteiger partial charge in [-0.3, -0.25) is 4.99 Å². The van der Waals surface area contributed by atoms with Crippen molar-refractivity contribution in [1.82, 2.24) is 4.90 Å². The van der Waals surface area contributed by atoms with Crippen molar-refractivity contribution in [1.29, 1.82) is 0 Å². The lowest BCUT2D eigenvalue weighted by Gasteiger charge is -2.26. The molecule has 0 rings (SSSR count). The topological polar surface area (TPSA) is 15.6 Å². The van der Waals surface area contributed by atoms with Gasteiger partial charge < -0.3 is 4.90 Å². The second kappa shape index (κ2) is 4.31. The van der Waals surface area contributed by atoms with Crippen molar-refractivity contribution in [3.05, 3.63) is 0 Å². The summed E-state index contributed by atoms with van der Waals surface area (Å²) in [5.41, 5.74) is 0. The highest BCUT2D eigenvalue weighted by molar-refractivity contribution is 5.79. The molecule has 0 aromatic heterocycles. The number of rotatable bonds is 2. The summed E-state index contributed by atoms with van der Waals surface area (Å²) in [6.07, 6.45) is 0. The van der Waals surface area contributed by atoms with Gasteiger partial charge in [-0.25, -0.2) is 0 Å². The maximum atomic E-state index is 4.12. The van der Waals surface area contributed by atoms with E-state index in [1.54, 1.807) is 0 Å². The van der Waals surface area contributed by atoms with Gasteiger partial charge >= 0.3 is 0 Å². The Kier molecular flexibility index (Phi) is 4.08. The van der Waals surface area contributed by atoms with Gasteiger partial charge in [0.15, 0.2) is 0 Å². The molecule has 0 heterocycles. The lowest BCUT2D eigenvalue weighted by atomic mass is 10.3. The Labute approximate surface area is 63.9 Å². The fourth-order valence-electron chi connectivity index (χ4n) is 1.10. The Hall–Kier alpha value is -0.530. The van der Waals surface area contributed by atoms with Crippen LogP contribution in [-0.4, -0.2) is 30.4 Å². The van der Waals surface area contributed by atoms with E-state index in [9.17, 15) is 0 Å². The van der Waals surface area contributed by atoms with E-state index in [2.05, 4.69) is 30.7 Å². The molecule has 2 heteroatoms. The van der Waals surface area contributed by atoms with Crippen LogP contribution in [0, 0.1) is 0 Å². The lowest BCUT2D eigenvalue weighted by molar-refractivity contribution is 0.364. The molecule has 0 bridgehead atoms. The van der Waals surface area contributed by atoms with E-state index < -0.39 is 0 Å². The maximum Gasteiger partial charge on any atom is 0.0956 e.